The van der Waals surface area contributed by atoms with Crippen LogP contribution in [-0.4, -0.2) is 64.7 Å². The Morgan fingerprint density at radius 2 is 2.00 bits per heavy atom. The number of carbonyl (C=O) groups excluding carboxylic acids is 2. The van der Waals surface area contributed by atoms with Gasteiger partial charge in [0.1, 0.15) is 7.85 Å². The molecule has 4 aromatic rings. The van der Waals surface area contributed by atoms with Crippen molar-refractivity contribution in [2.45, 2.75) is 25.7 Å². The van der Waals surface area contributed by atoms with Gasteiger partial charge in [-0.1, -0.05) is 22.9 Å². The number of hydrogen-bond acceptors (Lipinski definition) is 7. The van der Waals surface area contributed by atoms with Crippen molar-refractivity contribution in [3.8, 4) is 27.5 Å². The number of pyridine rings is 1. The van der Waals surface area contributed by atoms with E-state index in [4.69, 9.17) is 17.7 Å². The maximum Gasteiger partial charge on any atom is 0.413 e. The van der Waals surface area contributed by atoms with Gasteiger partial charge >= 0.3 is 6.09 Å². The van der Waals surface area contributed by atoms with Gasteiger partial charge in [-0.05, 0) is 49.9 Å². The van der Waals surface area contributed by atoms with Crippen molar-refractivity contribution in [3.63, 3.8) is 0 Å². The lowest BCUT2D eigenvalue weighted by atomic mass is 9.91. The van der Waals surface area contributed by atoms with Crippen molar-refractivity contribution in [2.24, 2.45) is 0 Å². The average molecular weight is 510 g/mol. The van der Waals surface area contributed by atoms with E-state index in [9.17, 15) is 9.59 Å². The number of hydrogen-bond donors (Lipinski definition) is 1. The molecule has 0 spiro atoms. The fourth-order valence-electron chi connectivity index (χ4n) is 4.95. The highest BCUT2D eigenvalue weighted by molar-refractivity contribution is 7.19. The van der Waals surface area contributed by atoms with Gasteiger partial charge in [-0.3, -0.25) is 15.1 Å². The van der Waals surface area contributed by atoms with E-state index in [2.05, 4.69) is 15.3 Å². The van der Waals surface area contributed by atoms with E-state index < -0.39 is 6.09 Å². The van der Waals surface area contributed by atoms with Crippen molar-refractivity contribution < 1.29 is 14.3 Å². The summed E-state index contributed by atoms with van der Waals surface area (Å²) in [4.78, 5) is 36.4. The van der Waals surface area contributed by atoms with Crippen LogP contribution in [0.1, 0.15) is 34.5 Å². The number of methoxy groups -OCH3 is 1. The van der Waals surface area contributed by atoms with Crippen LogP contribution in [0.25, 0.3) is 27.5 Å². The molecule has 0 bridgehead atoms. The fourth-order valence-corrected chi connectivity index (χ4v) is 6.01. The summed E-state index contributed by atoms with van der Waals surface area (Å²) in [6.45, 7) is 1.55. The molecule has 2 aliphatic rings. The average Bonchev–Trinajstić information content (AvgIpc) is 3.67. The number of nitrogens with one attached hydrogen (secondary N) is 1. The number of anilines is 1. The molecule has 9 nitrogen and oxygen atoms in total. The van der Waals surface area contributed by atoms with Crippen LogP contribution in [0.5, 0.6) is 0 Å². The summed E-state index contributed by atoms with van der Waals surface area (Å²) in [6, 6.07) is 9.25. The van der Waals surface area contributed by atoms with E-state index in [-0.39, 0.29) is 5.91 Å². The predicted octanol–water partition coefficient (Wildman–Crippen LogP) is 3.36. The standard InChI is InChI=1S/C26H23BN6O3S/c1-36-26(35)30-25-29-19-8-7-17-21(16-5-4-10-28-14-16)31-33(22(17)23(19)37-25)20-9-6-15(13-18(20)27)24(34)32-11-2-3-12-32/h4-6,9-10,13-14H,2-3,7-8,11-12H2,1H3,(H,29,30,35). The van der Waals surface area contributed by atoms with Crippen LogP contribution in [-0.2, 0) is 17.6 Å². The Balaban J connectivity index is 1.48. The minimum absolute atomic E-state index is 0.00226. The van der Waals surface area contributed by atoms with Crippen LogP contribution < -0.4 is 10.8 Å². The molecule has 0 atom stereocenters. The molecular formula is C26H23BN6O3S. The van der Waals surface area contributed by atoms with E-state index >= 15 is 0 Å². The number of likely N-dealkylation sites (tertiary alicyclic amines) is 1. The molecule has 184 valence electrons. The molecule has 2 amide bonds. The molecule has 2 radical (unpaired) electrons. The summed E-state index contributed by atoms with van der Waals surface area (Å²) >= 11 is 1.37. The number of benzene rings is 1. The van der Waals surface area contributed by atoms with Crippen molar-refractivity contribution >= 4 is 41.8 Å². The molecule has 11 heteroatoms. The molecule has 0 saturated carbocycles. The Bertz CT molecular complexity index is 1510. The van der Waals surface area contributed by atoms with Gasteiger partial charge < -0.3 is 9.64 Å². The monoisotopic (exact) mass is 510 g/mol. The quantitative estimate of drug-likeness (QED) is 0.423. The van der Waals surface area contributed by atoms with Gasteiger partial charge in [0, 0.05) is 42.2 Å². The van der Waals surface area contributed by atoms with E-state index in [0.717, 1.165) is 65.4 Å². The second kappa shape index (κ2) is 9.47. The molecule has 1 fully saturated rings. The Hall–Kier alpha value is -3.99. The molecule has 1 N–H and O–H groups in total. The number of aromatic nitrogens is 4. The zero-order chi connectivity index (χ0) is 25.5. The van der Waals surface area contributed by atoms with Gasteiger partial charge in [0.2, 0.25) is 0 Å². The normalized spacial score (nSPS) is 14.2. The molecule has 1 saturated heterocycles. The van der Waals surface area contributed by atoms with Crippen molar-refractivity contribution in [1.29, 1.82) is 0 Å². The van der Waals surface area contributed by atoms with E-state index in [1.165, 1.54) is 18.4 Å². The number of carbonyl (C=O) groups is 2. The third kappa shape index (κ3) is 4.19. The molecule has 3 aromatic heterocycles. The number of rotatable bonds is 4. The Kier molecular flexibility index (Phi) is 6.00. The van der Waals surface area contributed by atoms with Gasteiger partial charge in [0.05, 0.1) is 34.8 Å². The van der Waals surface area contributed by atoms with Crippen LogP contribution in [0.2, 0.25) is 0 Å². The third-order valence-corrected chi connectivity index (χ3v) is 7.75. The molecule has 1 aromatic carbocycles. The number of nitrogens with zero attached hydrogens (tertiary/aromatic N) is 5. The number of fused-ring (bicyclic) bond motifs is 3. The first-order valence-corrected chi connectivity index (χ1v) is 12.9. The first kappa shape index (κ1) is 23.4. The summed E-state index contributed by atoms with van der Waals surface area (Å²) in [6.07, 6.45) is 6.44. The Labute approximate surface area is 218 Å². The lowest BCUT2D eigenvalue weighted by molar-refractivity contribution is 0.0793. The minimum atomic E-state index is -0.571. The van der Waals surface area contributed by atoms with Gasteiger partial charge in [-0.15, -0.1) is 0 Å². The molecule has 4 heterocycles. The maximum absolute atomic E-state index is 12.9. The summed E-state index contributed by atoms with van der Waals surface area (Å²) in [7, 11) is 7.87. The number of aryl methyl sites for hydroxylation is 1. The van der Waals surface area contributed by atoms with Gasteiger partial charge in [-0.2, -0.15) is 5.10 Å². The zero-order valence-corrected chi connectivity index (χ0v) is 21.0. The highest BCUT2D eigenvalue weighted by atomic mass is 32.1. The van der Waals surface area contributed by atoms with Crippen LogP contribution >= 0.6 is 11.3 Å². The van der Waals surface area contributed by atoms with Crippen molar-refractivity contribution in [1.82, 2.24) is 24.6 Å². The smallest absolute Gasteiger partial charge is 0.413 e. The van der Waals surface area contributed by atoms with Gasteiger partial charge in [0.25, 0.3) is 5.91 Å². The second-order valence-corrected chi connectivity index (χ2v) is 10.0. The molecule has 1 aliphatic heterocycles. The Morgan fingerprint density at radius 3 is 2.73 bits per heavy atom. The number of thiazole rings is 1. The largest absolute Gasteiger partial charge is 0.453 e. The predicted molar refractivity (Wildman–Crippen MR) is 142 cm³/mol. The lowest BCUT2D eigenvalue weighted by Gasteiger charge is -2.18. The number of amides is 2. The van der Waals surface area contributed by atoms with E-state index in [0.29, 0.717) is 28.3 Å². The van der Waals surface area contributed by atoms with Crippen LogP contribution in [0.3, 0.4) is 0 Å². The zero-order valence-electron chi connectivity index (χ0n) is 20.2. The SMILES string of the molecule is [B]c1cc(C(=O)N2CCCC2)ccc1-n1nc(-c2cccnc2)c2c1-c1sc(NC(=O)OC)nc1CC2. The first-order valence-electron chi connectivity index (χ1n) is 12.1. The summed E-state index contributed by atoms with van der Waals surface area (Å²) in [5.74, 6) is -0.00226. The molecule has 1 aliphatic carbocycles. The van der Waals surface area contributed by atoms with E-state index in [1.807, 2.05) is 33.8 Å². The van der Waals surface area contributed by atoms with Gasteiger partial charge in [-0.25, -0.2) is 14.5 Å². The topological polar surface area (TPSA) is 102 Å². The fraction of sp³-hybridized carbons (Fsp3) is 0.269. The minimum Gasteiger partial charge on any atom is -0.453 e. The summed E-state index contributed by atoms with van der Waals surface area (Å²) < 4.78 is 6.57. The number of ether oxygens (including phenoxy) is 1. The second-order valence-electron chi connectivity index (χ2n) is 9.01. The van der Waals surface area contributed by atoms with E-state index in [1.54, 1.807) is 18.5 Å². The highest BCUT2D eigenvalue weighted by Gasteiger charge is 2.30. The Morgan fingerprint density at radius 1 is 1.16 bits per heavy atom. The third-order valence-electron chi connectivity index (χ3n) is 6.73. The summed E-state index contributed by atoms with van der Waals surface area (Å²) in [5.41, 5.74) is 6.23. The van der Waals surface area contributed by atoms with Crippen molar-refractivity contribution in [3.05, 3.63) is 59.5 Å². The molecule has 6 rings (SSSR count). The van der Waals surface area contributed by atoms with Crippen LogP contribution in [0.4, 0.5) is 9.93 Å². The summed E-state index contributed by atoms with van der Waals surface area (Å²) in [5, 5.41) is 8.13. The molecule has 0 unspecified atom stereocenters. The van der Waals surface area contributed by atoms with Gasteiger partial charge in [0.15, 0.2) is 5.13 Å². The molecular weight excluding hydrogens is 487 g/mol. The van der Waals surface area contributed by atoms with Crippen LogP contribution in [0, 0.1) is 0 Å². The molecule has 37 heavy (non-hydrogen) atoms. The first-order chi connectivity index (χ1) is 18.0. The van der Waals surface area contributed by atoms with Crippen molar-refractivity contribution in [2.75, 3.05) is 25.5 Å². The van der Waals surface area contributed by atoms with Crippen LogP contribution in [0.15, 0.2) is 42.7 Å². The maximum atomic E-state index is 12.9. The highest BCUT2D eigenvalue weighted by Crippen LogP contribution is 2.43. The lowest BCUT2D eigenvalue weighted by Crippen LogP contribution is -2.29.